The third-order valence-electron chi connectivity index (χ3n) is 2.22. The number of nitrogens with one attached hydrogen (secondary N) is 1. The predicted octanol–water partition coefficient (Wildman–Crippen LogP) is 3.27. The van der Waals surface area contributed by atoms with Gasteiger partial charge in [-0.3, -0.25) is 0 Å². The zero-order valence-electron chi connectivity index (χ0n) is 10.3. The van der Waals surface area contributed by atoms with Gasteiger partial charge in [0.25, 0.3) is 0 Å². The maximum atomic E-state index is 5.65. The summed E-state index contributed by atoms with van der Waals surface area (Å²) in [5.74, 6) is 0.855. The Labute approximate surface area is 115 Å². The Morgan fingerprint density at radius 3 is 2.72 bits per heavy atom. The maximum absolute atomic E-state index is 5.65. The molecule has 2 rings (SSSR count). The van der Waals surface area contributed by atoms with Crippen LogP contribution < -0.4 is 10.1 Å². The van der Waals surface area contributed by atoms with Crippen molar-refractivity contribution in [2.45, 2.75) is 18.4 Å². The van der Waals surface area contributed by atoms with Gasteiger partial charge in [0.05, 0.1) is 0 Å². The molecule has 4 nitrogen and oxygen atoms in total. The molecule has 2 aromatic rings. The fourth-order valence-corrected chi connectivity index (χ4v) is 2.48. The number of ether oxygens (including phenoxy) is 1. The summed E-state index contributed by atoms with van der Waals surface area (Å²) in [5, 5.41) is 12.9. The number of rotatable bonds is 6. The summed E-state index contributed by atoms with van der Waals surface area (Å²) in [6.45, 7) is 3.35. The fraction of sp³-hybridized carbons (Fsp3) is 0.333. The van der Waals surface area contributed by atoms with Crippen molar-refractivity contribution in [2.24, 2.45) is 0 Å². The molecule has 0 saturated heterocycles. The molecule has 0 radical (unpaired) electrons. The van der Waals surface area contributed by atoms with Crippen molar-refractivity contribution >= 4 is 28.2 Å². The third kappa shape index (κ3) is 3.61. The van der Waals surface area contributed by atoms with Crippen molar-refractivity contribution in [3.05, 3.63) is 29.3 Å². The number of benzene rings is 1. The largest absolute Gasteiger partial charge is 0.486 e. The van der Waals surface area contributed by atoms with Crippen molar-refractivity contribution in [2.75, 3.05) is 18.1 Å². The molecule has 0 atom stereocenters. The molecule has 0 spiro atoms. The second kappa shape index (κ2) is 6.61. The molecule has 1 aromatic heterocycles. The van der Waals surface area contributed by atoms with Gasteiger partial charge in [0, 0.05) is 11.4 Å². The molecule has 0 bridgehead atoms. The highest BCUT2D eigenvalue weighted by Gasteiger charge is 2.04. The molecule has 0 aliphatic carbocycles. The first-order valence-electron chi connectivity index (χ1n) is 5.65. The van der Waals surface area contributed by atoms with Crippen LogP contribution in [0.25, 0.3) is 0 Å². The lowest BCUT2D eigenvalue weighted by molar-refractivity contribution is 0.304. The lowest BCUT2D eigenvalue weighted by Gasteiger charge is -2.03. The summed E-state index contributed by atoms with van der Waals surface area (Å²) < 4.78 is 5.65. The highest BCUT2D eigenvalue weighted by Crippen LogP contribution is 2.21. The van der Waals surface area contributed by atoms with Crippen LogP contribution in [0.2, 0.25) is 0 Å². The van der Waals surface area contributed by atoms with Gasteiger partial charge in [-0.2, -0.15) is 0 Å². The van der Waals surface area contributed by atoms with Gasteiger partial charge < -0.3 is 10.1 Å². The summed E-state index contributed by atoms with van der Waals surface area (Å²) in [4.78, 5) is 1.23. The smallest absolute Gasteiger partial charge is 0.205 e. The van der Waals surface area contributed by atoms with Crippen molar-refractivity contribution in [1.82, 2.24) is 10.2 Å². The Hall–Kier alpha value is -1.27. The van der Waals surface area contributed by atoms with Crippen LogP contribution >= 0.6 is 23.1 Å². The van der Waals surface area contributed by atoms with E-state index in [0.29, 0.717) is 6.61 Å². The highest BCUT2D eigenvalue weighted by atomic mass is 32.2. The molecule has 18 heavy (non-hydrogen) atoms. The first kappa shape index (κ1) is 13.2. The van der Waals surface area contributed by atoms with Gasteiger partial charge in [0.2, 0.25) is 5.13 Å². The van der Waals surface area contributed by atoms with Crippen molar-refractivity contribution in [3.63, 3.8) is 0 Å². The fourth-order valence-electron chi connectivity index (χ4n) is 1.35. The highest BCUT2D eigenvalue weighted by molar-refractivity contribution is 7.98. The molecule has 1 N–H and O–H groups in total. The number of aromatic nitrogens is 2. The minimum atomic E-state index is 0.460. The first-order chi connectivity index (χ1) is 8.81. The van der Waals surface area contributed by atoms with Gasteiger partial charge in [-0.1, -0.05) is 11.3 Å². The van der Waals surface area contributed by atoms with E-state index in [0.717, 1.165) is 22.4 Å². The lowest BCUT2D eigenvalue weighted by Crippen LogP contribution is -1.94. The Morgan fingerprint density at radius 1 is 1.28 bits per heavy atom. The zero-order chi connectivity index (χ0) is 12.8. The average Bonchev–Trinajstić information content (AvgIpc) is 2.85. The lowest BCUT2D eigenvalue weighted by atomic mass is 10.3. The van der Waals surface area contributed by atoms with Crippen LogP contribution in [0.4, 0.5) is 5.13 Å². The van der Waals surface area contributed by atoms with Crippen molar-refractivity contribution < 1.29 is 4.74 Å². The molecule has 0 aliphatic rings. The molecule has 6 heteroatoms. The Morgan fingerprint density at radius 2 is 2.06 bits per heavy atom. The predicted molar refractivity (Wildman–Crippen MR) is 76.6 cm³/mol. The third-order valence-corrected chi connectivity index (χ3v) is 3.81. The SMILES string of the molecule is CCNc1nnc(COc2ccc(SC)cc2)s1. The summed E-state index contributed by atoms with van der Waals surface area (Å²) in [7, 11) is 0. The standard InChI is InChI=1S/C12H15N3OS2/c1-3-13-12-15-14-11(18-12)8-16-9-4-6-10(17-2)7-5-9/h4-7H,3,8H2,1-2H3,(H,13,15). The van der Waals surface area contributed by atoms with Gasteiger partial charge in [0.15, 0.2) is 5.01 Å². The minimum absolute atomic E-state index is 0.460. The van der Waals surface area contributed by atoms with E-state index in [1.807, 2.05) is 31.2 Å². The van der Waals surface area contributed by atoms with Crippen LogP contribution in [0.15, 0.2) is 29.2 Å². The van der Waals surface area contributed by atoms with E-state index < -0.39 is 0 Å². The van der Waals surface area contributed by atoms with Crippen LogP contribution in [0.5, 0.6) is 5.75 Å². The average molecular weight is 281 g/mol. The monoisotopic (exact) mass is 281 g/mol. The first-order valence-corrected chi connectivity index (χ1v) is 7.69. The molecule has 0 amide bonds. The summed E-state index contributed by atoms with van der Waals surface area (Å²) in [5.41, 5.74) is 0. The number of nitrogens with zero attached hydrogens (tertiary/aromatic N) is 2. The van der Waals surface area contributed by atoms with Gasteiger partial charge >= 0.3 is 0 Å². The van der Waals surface area contributed by atoms with Crippen LogP contribution in [0, 0.1) is 0 Å². The molecule has 0 aliphatic heterocycles. The minimum Gasteiger partial charge on any atom is -0.486 e. The van der Waals surface area contributed by atoms with Gasteiger partial charge in [-0.25, -0.2) is 0 Å². The summed E-state index contributed by atoms with van der Waals surface area (Å²) >= 11 is 3.24. The van der Waals surface area contributed by atoms with E-state index in [2.05, 4.69) is 21.8 Å². The van der Waals surface area contributed by atoms with Gasteiger partial charge in [-0.05, 0) is 37.4 Å². The Balaban J connectivity index is 1.89. The van der Waals surface area contributed by atoms with Crippen molar-refractivity contribution in [1.29, 1.82) is 0 Å². The van der Waals surface area contributed by atoms with E-state index in [1.165, 1.54) is 16.2 Å². The van der Waals surface area contributed by atoms with Crippen molar-refractivity contribution in [3.8, 4) is 5.75 Å². The number of thioether (sulfide) groups is 1. The molecule has 96 valence electrons. The molecule has 1 aromatic carbocycles. The molecular weight excluding hydrogens is 266 g/mol. The Kier molecular flexibility index (Phi) is 4.83. The van der Waals surface area contributed by atoms with E-state index in [1.54, 1.807) is 11.8 Å². The summed E-state index contributed by atoms with van der Waals surface area (Å²) in [6.07, 6.45) is 2.05. The quantitative estimate of drug-likeness (QED) is 0.823. The number of hydrogen-bond acceptors (Lipinski definition) is 6. The van der Waals surface area contributed by atoms with Crippen LogP contribution in [0.3, 0.4) is 0 Å². The van der Waals surface area contributed by atoms with Crippen LogP contribution in [-0.4, -0.2) is 23.0 Å². The molecule has 0 unspecified atom stereocenters. The van der Waals surface area contributed by atoms with Gasteiger partial charge in [-0.15, -0.1) is 22.0 Å². The molecule has 0 fully saturated rings. The van der Waals surface area contributed by atoms with Crippen LogP contribution in [-0.2, 0) is 6.61 Å². The zero-order valence-corrected chi connectivity index (χ0v) is 12.0. The molecule has 1 heterocycles. The second-order valence-electron chi connectivity index (χ2n) is 3.50. The van der Waals surface area contributed by atoms with Gasteiger partial charge in [0.1, 0.15) is 12.4 Å². The number of hydrogen-bond donors (Lipinski definition) is 1. The number of anilines is 1. The second-order valence-corrected chi connectivity index (χ2v) is 5.44. The molecule has 0 saturated carbocycles. The normalized spacial score (nSPS) is 10.3. The maximum Gasteiger partial charge on any atom is 0.205 e. The summed E-state index contributed by atoms with van der Waals surface area (Å²) in [6, 6.07) is 8.03. The van der Waals surface area contributed by atoms with E-state index in [9.17, 15) is 0 Å². The van der Waals surface area contributed by atoms with Crippen LogP contribution in [0.1, 0.15) is 11.9 Å². The van der Waals surface area contributed by atoms with E-state index in [-0.39, 0.29) is 0 Å². The van der Waals surface area contributed by atoms with E-state index in [4.69, 9.17) is 4.74 Å². The topological polar surface area (TPSA) is 47.0 Å². The Bertz CT molecular complexity index is 484. The molecular formula is C12H15N3OS2. The van der Waals surface area contributed by atoms with E-state index >= 15 is 0 Å².